The molecule has 0 aliphatic carbocycles. The number of hydrogen-bond donors (Lipinski definition) is 0. The number of fused-ring (bicyclic) bond motifs is 1. The molecular weight excluding hydrogens is 302 g/mol. The van der Waals surface area contributed by atoms with Crippen LogP contribution in [0.1, 0.15) is 34.0 Å². The summed E-state index contributed by atoms with van der Waals surface area (Å²) in [5.74, 6) is 1.55. The Morgan fingerprint density at radius 2 is 1.88 bits per heavy atom. The third-order valence-corrected chi connectivity index (χ3v) is 4.43. The van der Waals surface area contributed by atoms with Crippen molar-refractivity contribution in [2.24, 2.45) is 0 Å². The molecular formula is C20H23NO3. The number of ether oxygens (including phenoxy) is 2. The van der Waals surface area contributed by atoms with Crippen LogP contribution < -0.4 is 9.47 Å². The average Bonchev–Trinajstić information content (AvgIpc) is 2.61. The standard InChI is InChI=1S/C20H23NO3/c1-4-21(20(22)16-9-8-14(2)15(3)12-16)13-17-6-5-7-18-19(17)24-11-10-23-18/h5-9,12H,4,10-11,13H2,1-3H3. The monoisotopic (exact) mass is 325 g/mol. The van der Waals surface area contributed by atoms with Gasteiger partial charge >= 0.3 is 0 Å². The molecule has 0 spiro atoms. The van der Waals surface area contributed by atoms with Gasteiger partial charge in [-0.2, -0.15) is 0 Å². The number of rotatable bonds is 4. The van der Waals surface area contributed by atoms with E-state index in [1.54, 1.807) is 0 Å². The predicted octanol–water partition coefficient (Wildman–Crippen LogP) is 3.74. The maximum absolute atomic E-state index is 12.9. The van der Waals surface area contributed by atoms with Crippen LogP contribution in [0.2, 0.25) is 0 Å². The van der Waals surface area contributed by atoms with E-state index < -0.39 is 0 Å². The zero-order chi connectivity index (χ0) is 17.1. The van der Waals surface area contributed by atoms with Crippen LogP contribution >= 0.6 is 0 Å². The highest BCUT2D eigenvalue weighted by molar-refractivity contribution is 5.94. The van der Waals surface area contributed by atoms with Gasteiger partial charge in [-0.1, -0.05) is 18.2 Å². The maximum atomic E-state index is 12.9. The number of para-hydroxylation sites is 1. The molecule has 1 amide bonds. The Hall–Kier alpha value is -2.49. The number of hydrogen-bond acceptors (Lipinski definition) is 3. The van der Waals surface area contributed by atoms with E-state index in [0.717, 1.165) is 28.2 Å². The first-order chi connectivity index (χ1) is 11.6. The Labute approximate surface area is 143 Å². The van der Waals surface area contributed by atoms with Gasteiger partial charge in [0.1, 0.15) is 13.2 Å². The van der Waals surface area contributed by atoms with Gasteiger partial charge in [-0.15, -0.1) is 0 Å². The quantitative estimate of drug-likeness (QED) is 0.859. The number of amides is 1. The summed E-state index contributed by atoms with van der Waals surface area (Å²) >= 11 is 0. The fourth-order valence-corrected chi connectivity index (χ4v) is 2.85. The summed E-state index contributed by atoms with van der Waals surface area (Å²) in [6, 6.07) is 11.7. The number of aryl methyl sites for hydroxylation is 2. The van der Waals surface area contributed by atoms with Crippen molar-refractivity contribution in [2.75, 3.05) is 19.8 Å². The number of nitrogens with zero attached hydrogens (tertiary/aromatic N) is 1. The van der Waals surface area contributed by atoms with E-state index in [1.807, 2.05) is 55.1 Å². The normalized spacial score (nSPS) is 12.8. The third-order valence-electron chi connectivity index (χ3n) is 4.43. The predicted molar refractivity (Wildman–Crippen MR) is 93.8 cm³/mol. The molecule has 4 nitrogen and oxygen atoms in total. The van der Waals surface area contributed by atoms with E-state index in [4.69, 9.17) is 9.47 Å². The van der Waals surface area contributed by atoms with Crippen molar-refractivity contribution in [1.82, 2.24) is 4.90 Å². The molecule has 0 bridgehead atoms. The second kappa shape index (κ2) is 6.95. The van der Waals surface area contributed by atoms with E-state index in [-0.39, 0.29) is 5.91 Å². The molecule has 0 unspecified atom stereocenters. The van der Waals surface area contributed by atoms with Gasteiger partial charge in [0.2, 0.25) is 0 Å². The molecule has 2 aromatic carbocycles. The molecule has 0 atom stereocenters. The lowest BCUT2D eigenvalue weighted by Gasteiger charge is -2.25. The van der Waals surface area contributed by atoms with Crippen molar-refractivity contribution >= 4 is 5.91 Å². The Bertz CT molecular complexity index is 755. The topological polar surface area (TPSA) is 38.8 Å². The van der Waals surface area contributed by atoms with Crippen LogP contribution in [-0.4, -0.2) is 30.6 Å². The van der Waals surface area contributed by atoms with Gasteiger partial charge in [0, 0.05) is 24.2 Å². The van der Waals surface area contributed by atoms with E-state index in [2.05, 4.69) is 6.92 Å². The Morgan fingerprint density at radius 1 is 1.08 bits per heavy atom. The first kappa shape index (κ1) is 16.4. The van der Waals surface area contributed by atoms with Gasteiger partial charge in [-0.3, -0.25) is 4.79 Å². The van der Waals surface area contributed by atoms with Crippen LogP contribution in [0.15, 0.2) is 36.4 Å². The molecule has 3 rings (SSSR count). The Morgan fingerprint density at radius 3 is 2.62 bits per heavy atom. The van der Waals surface area contributed by atoms with E-state index in [0.29, 0.717) is 26.3 Å². The first-order valence-electron chi connectivity index (χ1n) is 8.34. The van der Waals surface area contributed by atoms with E-state index >= 15 is 0 Å². The van der Waals surface area contributed by atoms with Crippen LogP contribution in [-0.2, 0) is 6.54 Å². The molecule has 1 heterocycles. The molecule has 0 saturated heterocycles. The lowest BCUT2D eigenvalue weighted by atomic mass is 10.0. The van der Waals surface area contributed by atoms with Gasteiger partial charge in [0.05, 0.1) is 0 Å². The molecule has 1 aliphatic rings. The molecule has 126 valence electrons. The van der Waals surface area contributed by atoms with Gasteiger partial charge in [-0.25, -0.2) is 0 Å². The fourth-order valence-electron chi connectivity index (χ4n) is 2.85. The number of benzene rings is 2. The van der Waals surface area contributed by atoms with Crippen LogP contribution in [0.5, 0.6) is 11.5 Å². The van der Waals surface area contributed by atoms with Crippen molar-refractivity contribution in [3.05, 3.63) is 58.7 Å². The molecule has 2 aromatic rings. The van der Waals surface area contributed by atoms with Crippen LogP contribution in [0.3, 0.4) is 0 Å². The summed E-state index contributed by atoms with van der Waals surface area (Å²) in [7, 11) is 0. The van der Waals surface area contributed by atoms with Crippen LogP contribution in [0, 0.1) is 13.8 Å². The Balaban J connectivity index is 1.84. The highest BCUT2D eigenvalue weighted by atomic mass is 16.6. The summed E-state index contributed by atoms with van der Waals surface area (Å²) in [6.07, 6.45) is 0. The third kappa shape index (κ3) is 3.23. The van der Waals surface area contributed by atoms with Gasteiger partial charge in [0.25, 0.3) is 5.91 Å². The second-order valence-corrected chi connectivity index (χ2v) is 6.06. The molecule has 24 heavy (non-hydrogen) atoms. The van der Waals surface area contributed by atoms with Crippen molar-refractivity contribution < 1.29 is 14.3 Å². The minimum Gasteiger partial charge on any atom is -0.486 e. The summed E-state index contributed by atoms with van der Waals surface area (Å²) in [5, 5.41) is 0. The molecule has 4 heteroatoms. The summed E-state index contributed by atoms with van der Waals surface area (Å²) in [6.45, 7) is 8.32. The minimum absolute atomic E-state index is 0.0370. The molecule has 0 radical (unpaired) electrons. The SMILES string of the molecule is CCN(Cc1cccc2c1OCCO2)C(=O)c1ccc(C)c(C)c1. The van der Waals surface area contributed by atoms with Crippen LogP contribution in [0.25, 0.3) is 0 Å². The lowest BCUT2D eigenvalue weighted by molar-refractivity contribution is 0.0749. The molecule has 0 aromatic heterocycles. The first-order valence-corrected chi connectivity index (χ1v) is 8.34. The number of carbonyl (C=O) groups excluding carboxylic acids is 1. The maximum Gasteiger partial charge on any atom is 0.254 e. The van der Waals surface area contributed by atoms with Gasteiger partial charge < -0.3 is 14.4 Å². The van der Waals surface area contributed by atoms with Crippen molar-refractivity contribution in [1.29, 1.82) is 0 Å². The summed E-state index contributed by atoms with van der Waals surface area (Å²) in [4.78, 5) is 14.7. The Kier molecular flexibility index (Phi) is 4.74. The average molecular weight is 325 g/mol. The number of carbonyl (C=O) groups is 1. The van der Waals surface area contributed by atoms with Gasteiger partial charge in [0.15, 0.2) is 11.5 Å². The van der Waals surface area contributed by atoms with Crippen molar-refractivity contribution in [3.63, 3.8) is 0 Å². The summed E-state index contributed by atoms with van der Waals surface area (Å²) < 4.78 is 11.4. The van der Waals surface area contributed by atoms with E-state index in [1.165, 1.54) is 5.56 Å². The molecule has 0 saturated carbocycles. The van der Waals surface area contributed by atoms with Crippen molar-refractivity contribution in [3.8, 4) is 11.5 Å². The largest absolute Gasteiger partial charge is 0.486 e. The second-order valence-electron chi connectivity index (χ2n) is 6.06. The summed E-state index contributed by atoms with van der Waals surface area (Å²) in [5.41, 5.74) is 4.02. The van der Waals surface area contributed by atoms with E-state index in [9.17, 15) is 4.79 Å². The smallest absolute Gasteiger partial charge is 0.254 e. The molecule has 0 fully saturated rings. The lowest BCUT2D eigenvalue weighted by Crippen LogP contribution is -2.31. The zero-order valence-electron chi connectivity index (χ0n) is 14.5. The van der Waals surface area contributed by atoms with Crippen LogP contribution in [0.4, 0.5) is 0 Å². The minimum atomic E-state index is 0.0370. The highest BCUT2D eigenvalue weighted by Crippen LogP contribution is 2.34. The van der Waals surface area contributed by atoms with Gasteiger partial charge in [-0.05, 0) is 50.1 Å². The zero-order valence-corrected chi connectivity index (χ0v) is 14.5. The highest BCUT2D eigenvalue weighted by Gasteiger charge is 2.20. The molecule has 0 N–H and O–H groups in total. The molecule has 1 aliphatic heterocycles. The van der Waals surface area contributed by atoms with Crippen molar-refractivity contribution in [2.45, 2.75) is 27.3 Å². The fraction of sp³-hybridized carbons (Fsp3) is 0.350.